The lowest BCUT2D eigenvalue weighted by Gasteiger charge is -2.22. The molecule has 0 aliphatic rings. The molecule has 17 heteroatoms. The first-order valence-corrected chi connectivity index (χ1v) is 18.2. The van der Waals surface area contributed by atoms with E-state index in [1.54, 1.807) is 31.5 Å². The van der Waals surface area contributed by atoms with Gasteiger partial charge in [-0.3, -0.25) is 9.78 Å². The summed E-state index contributed by atoms with van der Waals surface area (Å²) in [6, 6.07) is 20.2. The number of benzene rings is 3. The van der Waals surface area contributed by atoms with Crippen molar-refractivity contribution in [3.63, 3.8) is 0 Å². The van der Waals surface area contributed by atoms with Crippen molar-refractivity contribution in [3.8, 4) is 5.75 Å². The zero-order chi connectivity index (χ0) is 39.9. The Morgan fingerprint density at radius 3 is 2.15 bits per heavy atom. The molecule has 0 spiro atoms. The summed E-state index contributed by atoms with van der Waals surface area (Å²) in [7, 11) is 0. The van der Waals surface area contributed by atoms with Crippen molar-refractivity contribution in [1.29, 1.82) is 0 Å². The predicted molar refractivity (Wildman–Crippen MR) is 209 cm³/mol. The number of carboxylic acids is 1. The van der Waals surface area contributed by atoms with Gasteiger partial charge in [-0.2, -0.15) is 22.0 Å². The highest BCUT2D eigenvalue weighted by Crippen LogP contribution is 2.31. The van der Waals surface area contributed by atoms with Crippen molar-refractivity contribution in [2.75, 3.05) is 6.61 Å². The van der Waals surface area contributed by atoms with Gasteiger partial charge in [-0.05, 0) is 95.9 Å². The number of carboxylic acid groups (broad SMARTS) is 1. The molecule has 2 heterocycles. The zero-order valence-corrected chi connectivity index (χ0v) is 34.8. The normalized spacial score (nSPS) is 10.8. The van der Waals surface area contributed by atoms with Crippen LogP contribution in [0.2, 0.25) is 0 Å². The minimum absolute atomic E-state index is 0. The molecule has 3 N–H and O–H groups in total. The Balaban J connectivity index is 0.000000360. The molecule has 0 amide bonds. The van der Waals surface area contributed by atoms with Crippen LogP contribution < -0.4 is 10.5 Å². The van der Waals surface area contributed by atoms with Crippen molar-refractivity contribution in [1.82, 2.24) is 4.98 Å². The van der Waals surface area contributed by atoms with E-state index >= 15 is 0 Å². The highest BCUT2D eigenvalue weighted by molar-refractivity contribution is 9.10. The van der Waals surface area contributed by atoms with Crippen LogP contribution in [0.5, 0.6) is 5.75 Å². The number of ether oxygens (including phenoxy) is 2. The highest BCUT2D eigenvalue weighted by Gasteiger charge is 2.34. The molecular formula is C37H37Br3ClF5N2O6. The summed E-state index contributed by atoms with van der Waals surface area (Å²) in [5.41, 5.74) is 7.29. The first-order valence-electron chi connectivity index (χ1n) is 15.5. The number of alkyl halides is 6. The Hall–Kier alpha value is -3.57. The van der Waals surface area contributed by atoms with Gasteiger partial charge >= 0.3 is 24.7 Å². The van der Waals surface area contributed by atoms with Gasteiger partial charge in [-0.1, -0.05) is 74.3 Å². The Bertz CT molecular complexity index is 1960. The van der Waals surface area contributed by atoms with Crippen molar-refractivity contribution < 1.29 is 50.5 Å². The first kappa shape index (κ1) is 48.4. The SMILES string of the molecule is CCOC(=O)C(C)(C)c1cncc(Br)c1.Cc1ccc2ccccc2c1C(=O)O.Cl.FC(F)(F)c1ccc(CBr)o1.NCc1ccc(Br)cc1OC(F)F. The third-order valence-electron chi connectivity index (χ3n) is 7.10. The van der Waals surface area contributed by atoms with Crippen molar-refractivity contribution >= 4 is 82.9 Å². The number of carbonyl (C=O) groups is 2. The number of fused-ring (bicyclic) bond motifs is 1. The van der Waals surface area contributed by atoms with Crippen molar-refractivity contribution in [2.45, 2.75) is 57.8 Å². The molecule has 8 nitrogen and oxygen atoms in total. The second-order valence-electron chi connectivity index (χ2n) is 11.3. The summed E-state index contributed by atoms with van der Waals surface area (Å²) < 4.78 is 74.5. The third kappa shape index (κ3) is 14.9. The summed E-state index contributed by atoms with van der Waals surface area (Å²) in [6.07, 6.45) is -1.01. The number of halogens is 9. The molecule has 294 valence electrons. The fourth-order valence-electron chi connectivity index (χ4n) is 4.35. The molecule has 0 saturated carbocycles. The quantitative estimate of drug-likeness (QED) is 0.0895. The smallest absolute Gasteiger partial charge is 0.449 e. The number of hydrogen-bond donors (Lipinski definition) is 2. The van der Waals surface area contributed by atoms with Crippen LogP contribution in [-0.4, -0.2) is 35.2 Å². The van der Waals surface area contributed by atoms with Crippen LogP contribution in [0.3, 0.4) is 0 Å². The maximum atomic E-state index is 11.9. The number of nitrogens with two attached hydrogens (primary N) is 1. The molecule has 0 radical (unpaired) electrons. The van der Waals surface area contributed by atoms with Crippen LogP contribution in [0, 0.1) is 6.92 Å². The molecule has 5 rings (SSSR count). The summed E-state index contributed by atoms with van der Waals surface area (Å²) >= 11 is 9.45. The Kier molecular flexibility index (Phi) is 20.4. The number of hydrogen-bond acceptors (Lipinski definition) is 7. The number of carbonyl (C=O) groups excluding carboxylic acids is 1. The Morgan fingerprint density at radius 2 is 1.63 bits per heavy atom. The molecule has 3 aromatic carbocycles. The van der Waals surface area contributed by atoms with E-state index in [9.17, 15) is 31.5 Å². The van der Waals surface area contributed by atoms with E-state index in [1.807, 2.05) is 63.2 Å². The lowest BCUT2D eigenvalue weighted by molar-refractivity contribution is -0.153. The van der Waals surface area contributed by atoms with E-state index in [4.69, 9.17) is 15.6 Å². The second kappa shape index (κ2) is 22.7. The van der Waals surface area contributed by atoms with E-state index < -0.39 is 29.9 Å². The van der Waals surface area contributed by atoms with Gasteiger partial charge in [-0.25, -0.2) is 4.79 Å². The Labute approximate surface area is 340 Å². The summed E-state index contributed by atoms with van der Waals surface area (Å²) in [5, 5.41) is 11.1. The maximum absolute atomic E-state index is 11.9. The molecule has 2 aromatic heterocycles. The highest BCUT2D eigenvalue weighted by atomic mass is 79.9. The van der Waals surface area contributed by atoms with Gasteiger partial charge in [0.2, 0.25) is 5.76 Å². The van der Waals surface area contributed by atoms with Crippen LogP contribution in [0.15, 0.2) is 98.6 Å². The topological polar surface area (TPSA) is 125 Å². The molecule has 0 aliphatic heterocycles. The molecule has 54 heavy (non-hydrogen) atoms. The molecular weight excluding hydrogens is 939 g/mol. The largest absolute Gasteiger partial charge is 0.478 e. The van der Waals surface area contributed by atoms with Crippen LogP contribution in [0.25, 0.3) is 10.8 Å². The average molecular weight is 976 g/mol. The number of aromatic carboxylic acids is 1. The van der Waals surface area contributed by atoms with Gasteiger partial charge < -0.3 is 24.7 Å². The van der Waals surface area contributed by atoms with E-state index in [0.717, 1.165) is 32.4 Å². The molecule has 0 saturated heterocycles. The standard InChI is InChI=1S/C12H10O2.C11H14BrNO2.C8H8BrF2NO.C6H4BrF3O.ClH/c1-8-6-7-9-4-2-3-5-10(9)11(8)12(13)14;1-4-15-10(14)11(2,3)8-5-9(12)7-13-6-8;9-6-2-1-5(4-12)7(3-6)13-8(10)11;7-3-4-1-2-5(11-4)6(8,9)10;/h2-7H,1H3,(H,13,14);5-7H,4H2,1-3H3;1-3,8H,4,12H2;1-2H,3H2;1H. The molecule has 5 aromatic rings. The van der Waals surface area contributed by atoms with Crippen molar-refractivity contribution in [3.05, 3.63) is 128 Å². The first-order chi connectivity index (χ1) is 24.8. The molecule has 0 fully saturated rings. The van der Waals surface area contributed by atoms with Crippen molar-refractivity contribution in [2.24, 2.45) is 5.73 Å². The fourth-order valence-corrected chi connectivity index (χ4v) is 5.36. The van der Waals surface area contributed by atoms with Gasteiger partial charge in [0.25, 0.3) is 0 Å². The van der Waals surface area contributed by atoms with E-state index in [1.165, 1.54) is 12.1 Å². The van der Waals surface area contributed by atoms with Gasteiger partial charge in [-0.15, -0.1) is 12.4 Å². The van der Waals surface area contributed by atoms with Crippen LogP contribution in [-0.2, 0) is 33.0 Å². The lowest BCUT2D eigenvalue weighted by atomic mass is 9.86. The maximum Gasteiger partial charge on any atom is 0.449 e. The third-order valence-corrected chi connectivity index (χ3v) is 8.58. The molecule has 0 unspecified atom stereocenters. The zero-order valence-electron chi connectivity index (χ0n) is 29.2. The average Bonchev–Trinajstić information content (AvgIpc) is 3.60. The number of aryl methyl sites for hydroxylation is 1. The molecule has 0 bridgehead atoms. The number of esters is 1. The van der Waals surface area contributed by atoms with E-state index in [-0.39, 0.29) is 36.4 Å². The van der Waals surface area contributed by atoms with E-state index in [2.05, 4.69) is 61.9 Å². The van der Waals surface area contributed by atoms with Gasteiger partial charge in [0.15, 0.2) is 0 Å². The van der Waals surface area contributed by atoms with Crippen LogP contribution in [0.1, 0.15) is 59.3 Å². The van der Waals surface area contributed by atoms with Gasteiger partial charge in [0.1, 0.15) is 11.5 Å². The lowest BCUT2D eigenvalue weighted by Crippen LogP contribution is -2.31. The molecule has 0 aliphatic carbocycles. The van der Waals surface area contributed by atoms with Crippen LogP contribution >= 0.6 is 60.2 Å². The summed E-state index contributed by atoms with van der Waals surface area (Å²) in [6.45, 7) is 5.02. The minimum atomic E-state index is -4.37. The predicted octanol–water partition coefficient (Wildman–Crippen LogP) is 11.7. The number of furan rings is 1. The second-order valence-corrected chi connectivity index (χ2v) is 13.6. The summed E-state index contributed by atoms with van der Waals surface area (Å²) in [5.74, 6) is -1.65. The number of rotatable bonds is 8. The van der Waals surface area contributed by atoms with E-state index in [0.29, 0.717) is 27.5 Å². The molecule has 0 atom stereocenters. The summed E-state index contributed by atoms with van der Waals surface area (Å²) in [4.78, 5) is 26.8. The number of nitrogens with zero attached hydrogens (tertiary/aromatic N) is 1. The number of aromatic nitrogens is 1. The van der Waals surface area contributed by atoms with Gasteiger partial charge in [0.05, 0.1) is 22.9 Å². The monoisotopic (exact) mass is 972 g/mol. The fraction of sp³-hybridized carbons (Fsp3) is 0.270. The van der Waals surface area contributed by atoms with Gasteiger partial charge in [0, 0.05) is 33.4 Å². The number of pyridine rings is 1. The minimum Gasteiger partial charge on any atom is -0.478 e. The Morgan fingerprint density at radius 1 is 0.963 bits per heavy atom. The van der Waals surface area contributed by atoms with Crippen LogP contribution in [0.4, 0.5) is 22.0 Å².